The minimum atomic E-state index is -0.0731. The molecule has 142 valence electrons. The molecular formula is C23H19N5O. The van der Waals surface area contributed by atoms with Crippen molar-refractivity contribution in [2.75, 3.05) is 7.05 Å². The van der Waals surface area contributed by atoms with E-state index in [1.165, 1.54) is 0 Å². The maximum atomic E-state index is 12.8. The van der Waals surface area contributed by atoms with Crippen LogP contribution in [-0.4, -0.2) is 32.2 Å². The summed E-state index contributed by atoms with van der Waals surface area (Å²) in [5, 5.41) is 8.96. The summed E-state index contributed by atoms with van der Waals surface area (Å²) in [5.41, 5.74) is 5.68. The molecule has 6 heteroatoms. The summed E-state index contributed by atoms with van der Waals surface area (Å²) in [6, 6.07) is 17.0. The Morgan fingerprint density at radius 2 is 1.90 bits per heavy atom. The summed E-state index contributed by atoms with van der Waals surface area (Å²) in [6.07, 6.45) is 5.41. The van der Waals surface area contributed by atoms with E-state index in [4.69, 9.17) is 5.26 Å². The third kappa shape index (κ3) is 3.71. The van der Waals surface area contributed by atoms with Crippen LogP contribution in [0, 0.1) is 18.3 Å². The quantitative estimate of drug-likeness (QED) is 0.538. The first kappa shape index (κ1) is 18.4. The van der Waals surface area contributed by atoms with Gasteiger partial charge in [-0.3, -0.25) is 14.2 Å². The van der Waals surface area contributed by atoms with Gasteiger partial charge in [0.1, 0.15) is 5.65 Å². The van der Waals surface area contributed by atoms with Crippen LogP contribution in [0.3, 0.4) is 0 Å². The highest BCUT2D eigenvalue weighted by Gasteiger charge is 2.14. The van der Waals surface area contributed by atoms with Gasteiger partial charge < -0.3 is 4.90 Å². The van der Waals surface area contributed by atoms with E-state index in [-0.39, 0.29) is 5.91 Å². The lowest BCUT2D eigenvalue weighted by molar-refractivity contribution is 0.0785. The molecule has 0 bridgehead atoms. The van der Waals surface area contributed by atoms with Crippen LogP contribution in [-0.2, 0) is 6.54 Å². The molecule has 3 heterocycles. The van der Waals surface area contributed by atoms with Gasteiger partial charge in [0, 0.05) is 42.8 Å². The second kappa shape index (κ2) is 7.56. The largest absolute Gasteiger partial charge is 0.337 e. The number of rotatable bonds is 4. The molecule has 0 radical (unpaired) electrons. The second-order valence-electron chi connectivity index (χ2n) is 6.95. The van der Waals surface area contributed by atoms with Crippen molar-refractivity contribution in [3.05, 3.63) is 89.5 Å². The maximum Gasteiger partial charge on any atom is 0.254 e. The lowest BCUT2D eigenvalue weighted by Gasteiger charge is -2.17. The van der Waals surface area contributed by atoms with Gasteiger partial charge in [0.25, 0.3) is 5.91 Å². The monoisotopic (exact) mass is 381 g/mol. The molecule has 0 aliphatic carbocycles. The highest BCUT2D eigenvalue weighted by atomic mass is 16.2. The topological polar surface area (TPSA) is 74.3 Å². The van der Waals surface area contributed by atoms with E-state index < -0.39 is 0 Å². The maximum absolute atomic E-state index is 12.8. The number of carbonyl (C=O) groups is 1. The molecule has 4 rings (SSSR count). The van der Waals surface area contributed by atoms with Crippen molar-refractivity contribution in [3.63, 3.8) is 0 Å². The number of nitriles is 1. The van der Waals surface area contributed by atoms with Crippen molar-refractivity contribution in [1.82, 2.24) is 19.3 Å². The van der Waals surface area contributed by atoms with Gasteiger partial charge in [0.05, 0.1) is 23.5 Å². The number of imidazole rings is 1. The molecule has 0 saturated heterocycles. The number of benzene rings is 1. The number of amides is 1. The minimum Gasteiger partial charge on any atom is -0.337 e. The van der Waals surface area contributed by atoms with Gasteiger partial charge in [-0.15, -0.1) is 0 Å². The predicted molar refractivity (Wildman–Crippen MR) is 110 cm³/mol. The van der Waals surface area contributed by atoms with Gasteiger partial charge in [0.2, 0.25) is 0 Å². The molecule has 4 aromatic rings. The number of carbonyl (C=O) groups excluding carboxylic acids is 1. The van der Waals surface area contributed by atoms with Crippen LogP contribution in [0.5, 0.6) is 0 Å². The third-order valence-corrected chi connectivity index (χ3v) is 4.81. The second-order valence-corrected chi connectivity index (χ2v) is 6.95. The number of nitrogens with zero attached hydrogens (tertiary/aromatic N) is 5. The predicted octanol–water partition coefficient (Wildman–Crippen LogP) is 3.85. The number of aryl methyl sites for hydroxylation is 1. The van der Waals surface area contributed by atoms with Gasteiger partial charge in [-0.2, -0.15) is 5.26 Å². The van der Waals surface area contributed by atoms with Crippen LogP contribution in [0.2, 0.25) is 0 Å². The fraction of sp³-hybridized carbons (Fsp3) is 0.130. The summed E-state index contributed by atoms with van der Waals surface area (Å²) in [4.78, 5) is 23.2. The Morgan fingerprint density at radius 3 is 2.59 bits per heavy atom. The first-order chi connectivity index (χ1) is 14.0. The van der Waals surface area contributed by atoms with Crippen molar-refractivity contribution >= 4 is 11.6 Å². The summed E-state index contributed by atoms with van der Waals surface area (Å²) in [5.74, 6) is -0.0731. The van der Waals surface area contributed by atoms with E-state index >= 15 is 0 Å². The highest BCUT2D eigenvalue weighted by molar-refractivity contribution is 5.95. The van der Waals surface area contributed by atoms with Gasteiger partial charge >= 0.3 is 0 Å². The zero-order valence-electron chi connectivity index (χ0n) is 16.2. The Morgan fingerprint density at radius 1 is 1.10 bits per heavy atom. The molecule has 6 nitrogen and oxygen atoms in total. The summed E-state index contributed by atoms with van der Waals surface area (Å²) < 4.78 is 1.93. The van der Waals surface area contributed by atoms with Gasteiger partial charge in [-0.1, -0.05) is 18.2 Å². The van der Waals surface area contributed by atoms with E-state index in [0.717, 1.165) is 22.5 Å². The molecule has 0 unspecified atom stereocenters. The van der Waals surface area contributed by atoms with Crippen molar-refractivity contribution in [3.8, 4) is 17.3 Å². The van der Waals surface area contributed by atoms with Crippen LogP contribution >= 0.6 is 0 Å². The lowest BCUT2D eigenvalue weighted by atomic mass is 10.1. The molecular weight excluding hydrogens is 362 g/mol. The summed E-state index contributed by atoms with van der Waals surface area (Å²) in [6.45, 7) is 2.42. The Hall–Kier alpha value is -3.98. The molecule has 0 aliphatic heterocycles. The molecule has 1 amide bonds. The van der Waals surface area contributed by atoms with Gasteiger partial charge in [-0.05, 0) is 42.8 Å². The normalized spacial score (nSPS) is 10.7. The van der Waals surface area contributed by atoms with Crippen LogP contribution in [0.4, 0.5) is 0 Å². The van der Waals surface area contributed by atoms with E-state index in [2.05, 4.69) is 16.0 Å². The molecule has 0 saturated carbocycles. The first-order valence-corrected chi connectivity index (χ1v) is 9.20. The molecule has 0 fully saturated rings. The van der Waals surface area contributed by atoms with Crippen LogP contribution in [0.15, 0.2) is 67.1 Å². The molecule has 0 atom stereocenters. The van der Waals surface area contributed by atoms with Crippen molar-refractivity contribution in [2.45, 2.75) is 13.5 Å². The van der Waals surface area contributed by atoms with Gasteiger partial charge in [-0.25, -0.2) is 4.98 Å². The Balaban J connectivity index is 1.58. The van der Waals surface area contributed by atoms with Crippen molar-refractivity contribution in [1.29, 1.82) is 5.26 Å². The standard InChI is InChI=1S/C23H19N5O/c1-16-3-4-18(13-25-16)15-27(2)23(29)20-9-10-28-21(14-26-22(28)11-20)19-7-5-17(12-24)6-8-19/h3-11,13-14H,15H2,1-2H3. The van der Waals surface area contributed by atoms with Crippen molar-refractivity contribution < 1.29 is 4.79 Å². The van der Waals surface area contributed by atoms with Crippen molar-refractivity contribution in [2.24, 2.45) is 0 Å². The first-order valence-electron chi connectivity index (χ1n) is 9.20. The summed E-state index contributed by atoms with van der Waals surface area (Å²) in [7, 11) is 1.78. The Bertz CT molecular complexity index is 1220. The third-order valence-electron chi connectivity index (χ3n) is 4.81. The zero-order valence-corrected chi connectivity index (χ0v) is 16.2. The molecule has 0 N–H and O–H groups in total. The molecule has 29 heavy (non-hydrogen) atoms. The van der Waals surface area contributed by atoms with Crippen LogP contribution in [0.25, 0.3) is 16.9 Å². The number of pyridine rings is 2. The summed E-state index contributed by atoms with van der Waals surface area (Å²) >= 11 is 0. The lowest BCUT2D eigenvalue weighted by Crippen LogP contribution is -2.26. The smallest absolute Gasteiger partial charge is 0.254 e. The number of hydrogen-bond donors (Lipinski definition) is 0. The average Bonchev–Trinajstić information content (AvgIpc) is 3.18. The molecule has 0 aliphatic rings. The fourth-order valence-corrected chi connectivity index (χ4v) is 3.20. The Kier molecular flexibility index (Phi) is 4.80. The minimum absolute atomic E-state index is 0.0731. The zero-order chi connectivity index (χ0) is 20.4. The number of hydrogen-bond acceptors (Lipinski definition) is 4. The number of aromatic nitrogens is 3. The Labute approximate surface area is 168 Å². The van der Waals surface area contributed by atoms with E-state index in [0.29, 0.717) is 23.3 Å². The van der Waals surface area contributed by atoms with Crippen LogP contribution in [0.1, 0.15) is 27.2 Å². The van der Waals surface area contributed by atoms with Crippen LogP contribution < -0.4 is 0 Å². The van der Waals surface area contributed by atoms with E-state index in [9.17, 15) is 4.79 Å². The highest BCUT2D eigenvalue weighted by Crippen LogP contribution is 2.22. The molecule has 3 aromatic heterocycles. The van der Waals surface area contributed by atoms with Gasteiger partial charge in [0.15, 0.2) is 0 Å². The number of fused-ring (bicyclic) bond motifs is 1. The van der Waals surface area contributed by atoms with E-state index in [1.807, 2.05) is 41.8 Å². The molecule has 0 spiro atoms. The fourth-order valence-electron chi connectivity index (χ4n) is 3.20. The van der Waals surface area contributed by atoms with E-state index in [1.54, 1.807) is 48.6 Å². The molecule has 1 aromatic carbocycles. The SMILES string of the molecule is Cc1ccc(CN(C)C(=O)c2ccn3c(-c4ccc(C#N)cc4)cnc3c2)cn1. The average molecular weight is 381 g/mol.